The molecule has 0 fully saturated rings. The Labute approximate surface area is 139 Å². The molecule has 2 N–H and O–H groups in total. The summed E-state index contributed by atoms with van der Waals surface area (Å²) in [6.45, 7) is 1.29. The molecule has 0 spiro atoms. The predicted molar refractivity (Wildman–Crippen MR) is 89.8 cm³/mol. The summed E-state index contributed by atoms with van der Waals surface area (Å²) in [6.07, 6.45) is 0. The van der Waals surface area contributed by atoms with Gasteiger partial charge in [0.1, 0.15) is 11.3 Å². The van der Waals surface area contributed by atoms with Gasteiger partial charge in [-0.3, -0.25) is 9.52 Å². The second-order valence-corrected chi connectivity index (χ2v) is 6.83. The molecule has 7 heteroatoms. The van der Waals surface area contributed by atoms with Crippen molar-refractivity contribution in [2.45, 2.75) is 11.8 Å². The van der Waals surface area contributed by atoms with Gasteiger partial charge in [-0.2, -0.15) is 0 Å². The number of fused-ring (bicyclic) bond motifs is 2. The second-order valence-electron chi connectivity index (χ2n) is 4.93. The number of ether oxygens (including phenoxy) is 1. The van der Waals surface area contributed by atoms with Gasteiger partial charge in [0, 0.05) is 12.3 Å². The zero-order valence-electron chi connectivity index (χ0n) is 12.0. The normalized spacial score (nSPS) is 13.8. The Balaban J connectivity index is 1.76. The van der Waals surface area contributed by atoms with Crippen molar-refractivity contribution in [1.82, 2.24) is 4.72 Å². The summed E-state index contributed by atoms with van der Waals surface area (Å²) >= 11 is 2.68. The molecule has 0 bridgehead atoms. The van der Waals surface area contributed by atoms with Crippen LogP contribution in [0.3, 0.4) is 0 Å². The van der Waals surface area contributed by atoms with Gasteiger partial charge < -0.3 is 14.3 Å². The average Bonchev–Trinajstić information content (AvgIpc) is 3.13. The third-order valence-electron chi connectivity index (χ3n) is 3.30. The zero-order valence-corrected chi connectivity index (χ0v) is 13.6. The highest BCUT2D eigenvalue weighted by Crippen LogP contribution is 2.43. The van der Waals surface area contributed by atoms with Crippen molar-refractivity contribution in [2.75, 3.05) is 0 Å². The van der Waals surface area contributed by atoms with Crippen molar-refractivity contribution in [3.8, 4) is 10.6 Å². The number of hydrogen-bond acceptors (Lipinski definition) is 7. The van der Waals surface area contributed by atoms with E-state index < -0.39 is 5.97 Å². The number of aliphatic hydroxyl groups is 1. The maximum absolute atomic E-state index is 11.1. The fourth-order valence-corrected chi connectivity index (χ4v) is 4.28. The number of rotatable bonds is 2. The Hall–Kier alpha value is -2.38. The van der Waals surface area contributed by atoms with Crippen LogP contribution in [0, 0.1) is 0 Å². The van der Waals surface area contributed by atoms with E-state index in [1.165, 1.54) is 30.2 Å². The minimum absolute atomic E-state index is 0.0630. The molecule has 0 atom stereocenters. The molecule has 2 aromatic heterocycles. The van der Waals surface area contributed by atoms with E-state index in [-0.39, 0.29) is 11.6 Å². The number of hydrogen-bond donors (Lipinski definition) is 2. The fourth-order valence-electron chi connectivity index (χ4n) is 2.31. The van der Waals surface area contributed by atoms with Crippen LogP contribution in [0.15, 0.2) is 51.6 Å². The third-order valence-corrected chi connectivity index (χ3v) is 5.41. The molecule has 0 saturated heterocycles. The maximum atomic E-state index is 11.1. The van der Waals surface area contributed by atoms with Gasteiger partial charge >= 0.3 is 5.97 Å². The Bertz CT molecular complexity index is 921. The molecule has 1 aliphatic rings. The summed E-state index contributed by atoms with van der Waals surface area (Å²) < 4.78 is 13.6. The van der Waals surface area contributed by atoms with Crippen molar-refractivity contribution in [1.29, 1.82) is 0 Å². The van der Waals surface area contributed by atoms with Crippen LogP contribution < -0.4 is 4.72 Å². The third kappa shape index (κ3) is 2.47. The molecule has 3 heterocycles. The van der Waals surface area contributed by atoms with E-state index in [9.17, 15) is 9.90 Å². The average molecular weight is 345 g/mol. The highest BCUT2D eigenvalue weighted by atomic mass is 32.2. The van der Waals surface area contributed by atoms with Crippen LogP contribution in [0.1, 0.15) is 11.8 Å². The first kappa shape index (κ1) is 14.2. The van der Waals surface area contributed by atoms with Gasteiger partial charge in [-0.05, 0) is 30.1 Å². The lowest BCUT2D eigenvalue weighted by atomic mass is 10.2. The molecule has 0 radical (unpaired) electrons. The first-order chi connectivity index (χ1) is 11.1. The van der Waals surface area contributed by atoms with E-state index in [4.69, 9.17) is 9.15 Å². The van der Waals surface area contributed by atoms with Crippen molar-refractivity contribution >= 4 is 46.0 Å². The number of benzene rings is 1. The van der Waals surface area contributed by atoms with E-state index in [0.717, 1.165) is 26.5 Å². The molecule has 5 nitrogen and oxygen atoms in total. The largest absolute Gasteiger partial charge is 0.502 e. The molecule has 0 amide bonds. The van der Waals surface area contributed by atoms with Crippen molar-refractivity contribution in [3.63, 3.8) is 0 Å². The molecule has 23 heavy (non-hydrogen) atoms. The van der Waals surface area contributed by atoms with Crippen LogP contribution in [0.5, 0.6) is 0 Å². The number of esters is 1. The van der Waals surface area contributed by atoms with E-state index in [0.29, 0.717) is 4.88 Å². The lowest BCUT2D eigenvalue weighted by molar-refractivity contribution is -0.137. The summed E-state index contributed by atoms with van der Waals surface area (Å²) in [7, 11) is 0. The second kappa shape index (κ2) is 5.36. The molecular formula is C16H11NO4S2. The van der Waals surface area contributed by atoms with Gasteiger partial charge in [-0.15, -0.1) is 11.3 Å². The van der Waals surface area contributed by atoms with Crippen molar-refractivity contribution in [2.24, 2.45) is 0 Å². The zero-order chi connectivity index (χ0) is 16.0. The molecule has 0 saturated carbocycles. The monoisotopic (exact) mass is 345 g/mol. The molecular weight excluding hydrogens is 334 g/mol. The van der Waals surface area contributed by atoms with Gasteiger partial charge in [0.25, 0.3) is 5.88 Å². The Morgan fingerprint density at radius 1 is 1.30 bits per heavy atom. The number of carbonyl (C=O) groups is 1. The Kier molecular flexibility index (Phi) is 3.32. The van der Waals surface area contributed by atoms with E-state index >= 15 is 0 Å². The lowest BCUT2D eigenvalue weighted by Crippen LogP contribution is -2.16. The summed E-state index contributed by atoms with van der Waals surface area (Å²) in [5, 5.41) is 11.3. The van der Waals surface area contributed by atoms with Gasteiger partial charge in [0.05, 0.1) is 14.6 Å². The van der Waals surface area contributed by atoms with Crippen molar-refractivity contribution < 1.29 is 19.1 Å². The molecule has 116 valence electrons. The summed E-state index contributed by atoms with van der Waals surface area (Å²) in [5.74, 6) is 0.250. The standard InChI is InChI=1S/C16H11NO4S2/c1-8(18)20-16-14(19)15-13(23-17-16)7-12(22-15)11-6-9-4-2-3-5-10(9)21-11/h2-7,17,19H,1H3. The SMILES string of the molecule is CC(=O)OC1=C(O)c2sc(-c3cc4ccccc4o3)cc2SN1. The number of aliphatic hydroxyl groups excluding tert-OH is 1. The molecule has 0 unspecified atom stereocenters. The maximum Gasteiger partial charge on any atom is 0.309 e. The van der Waals surface area contributed by atoms with Gasteiger partial charge in [0.2, 0.25) is 0 Å². The summed E-state index contributed by atoms with van der Waals surface area (Å²) in [4.78, 5) is 13.5. The molecule has 1 aromatic carbocycles. The quantitative estimate of drug-likeness (QED) is 0.526. The number of furan rings is 1. The lowest BCUT2D eigenvalue weighted by Gasteiger charge is -2.15. The van der Waals surface area contributed by atoms with Crippen LogP contribution in [0.25, 0.3) is 27.4 Å². The number of carbonyl (C=O) groups excluding carboxylic acids is 1. The molecule has 0 aliphatic carbocycles. The minimum Gasteiger partial charge on any atom is -0.502 e. The van der Waals surface area contributed by atoms with Gasteiger partial charge in [-0.25, -0.2) is 0 Å². The van der Waals surface area contributed by atoms with Crippen LogP contribution >= 0.6 is 23.3 Å². The van der Waals surface area contributed by atoms with E-state index in [1.807, 2.05) is 36.4 Å². The first-order valence-corrected chi connectivity index (χ1v) is 8.43. The number of thiophene rings is 1. The van der Waals surface area contributed by atoms with Gasteiger partial charge in [-0.1, -0.05) is 18.2 Å². The van der Waals surface area contributed by atoms with Crippen LogP contribution in [0.2, 0.25) is 0 Å². The smallest absolute Gasteiger partial charge is 0.309 e. The van der Waals surface area contributed by atoms with E-state index in [2.05, 4.69) is 4.72 Å². The van der Waals surface area contributed by atoms with Gasteiger partial charge in [0.15, 0.2) is 5.76 Å². The topological polar surface area (TPSA) is 71.7 Å². The molecule has 4 rings (SSSR count). The number of nitrogens with one attached hydrogen (secondary N) is 1. The van der Waals surface area contributed by atoms with E-state index in [1.54, 1.807) is 0 Å². The highest BCUT2D eigenvalue weighted by molar-refractivity contribution is 7.97. The summed E-state index contributed by atoms with van der Waals surface area (Å²) in [6, 6.07) is 11.7. The fraction of sp³-hybridized carbons (Fsp3) is 0.0625. The van der Waals surface area contributed by atoms with Crippen molar-refractivity contribution in [3.05, 3.63) is 47.2 Å². The molecule has 1 aliphatic heterocycles. The number of para-hydroxylation sites is 1. The molecule has 3 aromatic rings. The first-order valence-electron chi connectivity index (χ1n) is 6.79. The van der Waals surface area contributed by atoms with Crippen LogP contribution in [-0.2, 0) is 9.53 Å². The minimum atomic E-state index is -0.489. The van der Waals surface area contributed by atoms with Crippen LogP contribution in [-0.4, -0.2) is 11.1 Å². The highest BCUT2D eigenvalue weighted by Gasteiger charge is 2.25. The summed E-state index contributed by atoms with van der Waals surface area (Å²) in [5.41, 5.74) is 0.819. The predicted octanol–water partition coefficient (Wildman–Crippen LogP) is 4.52. The Morgan fingerprint density at radius 2 is 2.13 bits per heavy atom. The Morgan fingerprint density at radius 3 is 2.91 bits per heavy atom. The van der Waals surface area contributed by atoms with Crippen LogP contribution in [0.4, 0.5) is 0 Å².